The predicted molar refractivity (Wildman–Crippen MR) is 128 cm³/mol. The Morgan fingerprint density at radius 1 is 1.32 bits per heavy atom. The molecule has 0 saturated carbocycles. The number of hydrogen-bond acceptors (Lipinski definition) is 4. The summed E-state index contributed by atoms with van der Waals surface area (Å²) in [5.74, 6) is 0.565. The number of rotatable bonds is 6. The molecule has 2 unspecified atom stereocenters. The highest BCUT2D eigenvalue weighted by Crippen LogP contribution is 2.50. The lowest BCUT2D eigenvalue weighted by molar-refractivity contribution is 0.112. The van der Waals surface area contributed by atoms with Crippen molar-refractivity contribution >= 4 is 17.3 Å². The molecule has 0 saturated heterocycles. The van der Waals surface area contributed by atoms with Crippen LogP contribution in [0.2, 0.25) is 0 Å². The summed E-state index contributed by atoms with van der Waals surface area (Å²) >= 11 is 0. The molecule has 2 N–H and O–H groups in total. The quantitative estimate of drug-likeness (QED) is 0.681. The van der Waals surface area contributed by atoms with Gasteiger partial charge in [-0.05, 0) is 77.0 Å². The molecule has 1 aromatic rings. The van der Waals surface area contributed by atoms with Crippen LogP contribution >= 0.6 is 0 Å². The van der Waals surface area contributed by atoms with Crippen molar-refractivity contribution in [1.82, 2.24) is 20.0 Å². The Balaban J connectivity index is 1.65. The van der Waals surface area contributed by atoms with Gasteiger partial charge in [-0.15, -0.1) is 0 Å². The Labute approximate surface area is 187 Å². The van der Waals surface area contributed by atoms with Crippen LogP contribution in [-0.4, -0.2) is 78.8 Å². The number of amides is 2. The Kier molecular flexibility index (Phi) is 6.31. The zero-order valence-corrected chi connectivity index (χ0v) is 20.0. The maximum absolute atomic E-state index is 13.1. The lowest BCUT2D eigenvalue weighted by atomic mass is 9.73. The smallest absolute Gasteiger partial charge is 0.319 e. The van der Waals surface area contributed by atoms with Gasteiger partial charge >= 0.3 is 6.03 Å². The molecule has 6 nitrogen and oxygen atoms in total. The molecule has 4 rings (SSSR count). The van der Waals surface area contributed by atoms with E-state index in [2.05, 4.69) is 65.5 Å². The molecule has 3 aliphatic rings. The molecule has 170 valence electrons. The van der Waals surface area contributed by atoms with Gasteiger partial charge in [-0.25, -0.2) is 4.79 Å². The molecule has 31 heavy (non-hydrogen) atoms. The zero-order chi connectivity index (χ0) is 22.3. The number of fused-ring (bicyclic) bond motifs is 2. The lowest BCUT2D eigenvalue weighted by Gasteiger charge is -2.45. The minimum atomic E-state index is 0.0164. The van der Waals surface area contributed by atoms with Crippen molar-refractivity contribution < 1.29 is 4.79 Å². The number of anilines is 1. The van der Waals surface area contributed by atoms with E-state index in [4.69, 9.17) is 0 Å². The molecule has 0 spiro atoms. The van der Waals surface area contributed by atoms with Crippen LogP contribution in [-0.2, 0) is 0 Å². The summed E-state index contributed by atoms with van der Waals surface area (Å²) in [7, 11) is 4.03. The van der Waals surface area contributed by atoms with Crippen molar-refractivity contribution in [2.75, 3.05) is 39.0 Å². The number of hydrogen-bond donors (Lipinski definition) is 2. The number of urea groups is 1. The van der Waals surface area contributed by atoms with Crippen molar-refractivity contribution in [1.29, 1.82) is 0 Å². The van der Waals surface area contributed by atoms with Crippen LogP contribution in [0.1, 0.15) is 57.6 Å². The van der Waals surface area contributed by atoms with Crippen molar-refractivity contribution in [3.63, 3.8) is 0 Å². The molecular formula is C25H39N5O. The summed E-state index contributed by atoms with van der Waals surface area (Å²) in [6.07, 6.45) is 4.68. The minimum absolute atomic E-state index is 0.0164. The van der Waals surface area contributed by atoms with Crippen molar-refractivity contribution in [3.8, 4) is 0 Å². The van der Waals surface area contributed by atoms with Gasteiger partial charge in [-0.3, -0.25) is 9.80 Å². The monoisotopic (exact) mass is 425 g/mol. The lowest BCUT2D eigenvalue weighted by Crippen LogP contribution is -2.56. The fraction of sp³-hybridized carbons (Fsp3) is 0.640. The van der Waals surface area contributed by atoms with Gasteiger partial charge in [0.25, 0.3) is 0 Å². The van der Waals surface area contributed by atoms with Crippen LogP contribution in [0.4, 0.5) is 10.5 Å². The van der Waals surface area contributed by atoms with Gasteiger partial charge in [-0.2, -0.15) is 0 Å². The average Bonchev–Trinajstić information content (AvgIpc) is 3.06. The second-order valence-corrected chi connectivity index (χ2v) is 9.61. The largest absolute Gasteiger partial charge is 0.382 e. The average molecular weight is 426 g/mol. The number of carbonyl (C=O) groups is 1. The van der Waals surface area contributed by atoms with E-state index in [1.807, 2.05) is 25.9 Å². The highest BCUT2D eigenvalue weighted by atomic mass is 16.2. The molecule has 2 aliphatic heterocycles. The van der Waals surface area contributed by atoms with Gasteiger partial charge in [0, 0.05) is 36.8 Å². The van der Waals surface area contributed by atoms with E-state index in [1.54, 1.807) is 0 Å². The fourth-order valence-electron chi connectivity index (χ4n) is 5.72. The van der Waals surface area contributed by atoms with Crippen molar-refractivity contribution in [2.45, 2.75) is 70.7 Å². The second kappa shape index (κ2) is 8.83. The molecule has 0 radical (unpaired) electrons. The first-order chi connectivity index (χ1) is 14.8. The summed E-state index contributed by atoms with van der Waals surface area (Å²) in [4.78, 5) is 19.7. The number of benzene rings is 1. The van der Waals surface area contributed by atoms with E-state index in [-0.39, 0.29) is 18.2 Å². The van der Waals surface area contributed by atoms with E-state index in [0.717, 1.165) is 25.9 Å². The van der Waals surface area contributed by atoms with Gasteiger partial charge in [0.1, 0.15) is 0 Å². The zero-order valence-electron chi connectivity index (χ0n) is 20.0. The van der Waals surface area contributed by atoms with Crippen molar-refractivity contribution in [3.05, 3.63) is 35.4 Å². The highest BCUT2D eigenvalue weighted by molar-refractivity contribution is 5.83. The third-order valence-corrected chi connectivity index (χ3v) is 7.48. The summed E-state index contributed by atoms with van der Waals surface area (Å²) in [6.45, 7) is 11.3. The van der Waals surface area contributed by atoms with Crippen LogP contribution in [0.3, 0.4) is 0 Å². The topological polar surface area (TPSA) is 50.9 Å². The first-order valence-electron chi connectivity index (χ1n) is 11.9. The van der Waals surface area contributed by atoms with E-state index in [1.165, 1.54) is 22.4 Å². The predicted octanol–water partition coefficient (Wildman–Crippen LogP) is 3.77. The van der Waals surface area contributed by atoms with Gasteiger partial charge in [0.05, 0.1) is 12.2 Å². The first-order valence-corrected chi connectivity index (χ1v) is 11.9. The first kappa shape index (κ1) is 22.2. The number of carbonyl (C=O) groups excluding carboxylic acids is 1. The molecule has 0 bridgehead atoms. The second-order valence-electron chi connectivity index (χ2n) is 9.61. The van der Waals surface area contributed by atoms with Crippen LogP contribution < -0.4 is 10.6 Å². The van der Waals surface area contributed by atoms with E-state index < -0.39 is 0 Å². The summed E-state index contributed by atoms with van der Waals surface area (Å²) in [5.41, 5.74) is 5.55. The summed E-state index contributed by atoms with van der Waals surface area (Å²) < 4.78 is 0. The van der Waals surface area contributed by atoms with E-state index in [0.29, 0.717) is 24.5 Å². The van der Waals surface area contributed by atoms with Crippen LogP contribution in [0.15, 0.2) is 24.3 Å². The molecule has 2 amide bonds. The molecule has 0 fully saturated rings. The van der Waals surface area contributed by atoms with Crippen LogP contribution in [0.25, 0.3) is 5.57 Å². The van der Waals surface area contributed by atoms with Gasteiger partial charge in [0.15, 0.2) is 0 Å². The fourth-order valence-corrected chi connectivity index (χ4v) is 5.72. The highest BCUT2D eigenvalue weighted by Gasteiger charge is 2.43. The minimum Gasteiger partial charge on any atom is -0.382 e. The Bertz CT molecular complexity index is 850. The van der Waals surface area contributed by atoms with Gasteiger partial charge in [0.2, 0.25) is 0 Å². The maximum Gasteiger partial charge on any atom is 0.319 e. The molecule has 0 aromatic heterocycles. The summed E-state index contributed by atoms with van der Waals surface area (Å²) in [6, 6.07) is 7.61. The normalized spacial score (nSPS) is 27.8. The Hall–Kier alpha value is -2.05. The maximum atomic E-state index is 13.1. The van der Waals surface area contributed by atoms with E-state index in [9.17, 15) is 4.79 Å². The summed E-state index contributed by atoms with van der Waals surface area (Å²) in [5, 5.41) is 7.03. The van der Waals surface area contributed by atoms with Crippen molar-refractivity contribution in [2.24, 2.45) is 0 Å². The van der Waals surface area contributed by atoms with Crippen LogP contribution in [0.5, 0.6) is 0 Å². The molecule has 1 aliphatic carbocycles. The molecule has 1 aromatic carbocycles. The van der Waals surface area contributed by atoms with Gasteiger partial charge in [-0.1, -0.05) is 25.1 Å². The van der Waals surface area contributed by atoms with Gasteiger partial charge < -0.3 is 15.5 Å². The molecule has 2 heterocycles. The molecule has 6 heteroatoms. The number of nitrogens with zero attached hydrogens (tertiary/aromatic N) is 3. The Morgan fingerprint density at radius 3 is 2.77 bits per heavy atom. The third kappa shape index (κ3) is 3.96. The number of nitrogens with one attached hydrogen (secondary N) is 2. The SMILES string of the molecule is CCCN1C[C@@H](NC(=O)N(CC)C(C)N(C)C)C=C2c3cccc4c3[C@H](C[C@H]21)C(C)N4. The molecule has 5 atom stereocenters. The standard InChI is InChI=1S/C25H39N5O/c1-7-12-29-15-18(27-25(31)30(8-2)17(4)28(5)6)13-21-19-10-9-11-22-24(19)20(14-23(21)29)16(3)26-22/h9-11,13,16-18,20,23,26H,7-8,12,14-15H2,1-6H3,(H,27,31)/t16?,17?,18-,20+,23+/m0/s1. The Morgan fingerprint density at radius 2 is 2.10 bits per heavy atom. The van der Waals surface area contributed by atoms with Crippen LogP contribution in [0, 0.1) is 0 Å². The third-order valence-electron chi connectivity index (χ3n) is 7.48. The van der Waals surface area contributed by atoms with E-state index >= 15 is 0 Å². The molecular weight excluding hydrogens is 386 g/mol.